The maximum Gasteiger partial charge on any atom is 0.113 e. The van der Waals surface area contributed by atoms with Gasteiger partial charge < -0.3 is 50.3 Å². The average molecular weight is 430 g/mol. The first-order valence-electron chi connectivity index (χ1n) is 9.98. The smallest absolute Gasteiger partial charge is 0.113 e. The Balaban J connectivity index is 1.68. The van der Waals surface area contributed by atoms with Crippen LogP contribution in [0.1, 0.15) is 23.7 Å². The molecule has 0 amide bonds. The van der Waals surface area contributed by atoms with Gasteiger partial charge >= 0.3 is 0 Å². The topological polar surface area (TPSA) is 180 Å². The van der Waals surface area contributed by atoms with Crippen molar-refractivity contribution in [2.45, 2.75) is 73.9 Å². The summed E-state index contributed by atoms with van der Waals surface area (Å²) in [4.78, 5) is 0. The monoisotopic (exact) mass is 430 g/mol. The number of rotatable bonds is 6. The molecule has 0 spiro atoms. The minimum atomic E-state index is -1.47. The van der Waals surface area contributed by atoms with Crippen LogP contribution >= 0.6 is 0 Å². The van der Waals surface area contributed by atoms with E-state index in [0.717, 1.165) is 5.56 Å². The SMILES string of the molecule is OC[C@H]1O[C@H](CCc2cccc([C@H]3O[C@H](CO)[C@@H](O)[C@H](O)[C@H]3O)c2)[C@@H](O)[C@@H](O)[C@@H]1O. The van der Waals surface area contributed by atoms with Gasteiger partial charge in [0.25, 0.3) is 0 Å². The van der Waals surface area contributed by atoms with Crippen molar-refractivity contribution in [3.8, 4) is 0 Å². The molecule has 2 fully saturated rings. The van der Waals surface area contributed by atoms with Gasteiger partial charge in [0.15, 0.2) is 0 Å². The zero-order chi connectivity index (χ0) is 22.0. The maximum atomic E-state index is 10.3. The highest BCUT2D eigenvalue weighted by Crippen LogP contribution is 2.33. The van der Waals surface area contributed by atoms with Crippen molar-refractivity contribution in [2.24, 2.45) is 0 Å². The van der Waals surface area contributed by atoms with Crippen molar-refractivity contribution in [2.75, 3.05) is 13.2 Å². The third-order valence-electron chi connectivity index (χ3n) is 5.88. The minimum absolute atomic E-state index is 0.291. The molecule has 2 aliphatic rings. The average Bonchev–Trinajstić information content (AvgIpc) is 2.76. The van der Waals surface area contributed by atoms with Crippen LogP contribution in [0.5, 0.6) is 0 Å². The highest BCUT2D eigenvalue weighted by atomic mass is 16.6. The molecule has 30 heavy (non-hydrogen) atoms. The van der Waals surface area contributed by atoms with Gasteiger partial charge in [-0.15, -0.1) is 0 Å². The Hall–Kier alpha value is -1.18. The lowest BCUT2D eigenvalue weighted by Gasteiger charge is -2.40. The summed E-state index contributed by atoms with van der Waals surface area (Å²) in [5.41, 5.74) is 1.33. The fourth-order valence-corrected chi connectivity index (χ4v) is 4.03. The molecule has 0 saturated carbocycles. The molecular formula is C20H30O10. The predicted molar refractivity (Wildman–Crippen MR) is 101 cm³/mol. The molecule has 1 aromatic carbocycles. The maximum absolute atomic E-state index is 10.3. The Morgan fingerprint density at radius 1 is 0.667 bits per heavy atom. The van der Waals surface area contributed by atoms with E-state index >= 15 is 0 Å². The molecule has 10 heteroatoms. The number of aryl methyl sites for hydroxylation is 1. The zero-order valence-electron chi connectivity index (χ0n) is 16.3. The molecule has 170 valence electrons. The Labute approximate surface area is 173 Å². The molecule has 10 nitrogen and oxygen atoms in total. The summed E-state index contributed by atoms with van der Waals surface area (Å²) in [5.74, 6) is 0. The van der Waals surface area contributed by atoms with Crippen LogP contribution in [0.15, 0.2) is 24.3 Å². The predicted octanol–water partition coefficient (Wildman–Crippen LogP) is -3.02. The third kappa shape index (κ3) is 4.68. The first-order valence-corrected chi connectivity index (χ1v) is 9.98. The molecule has 0 aliphatic carbocycles. The van der Waals surface area contributed by atoms with Crippen LogP contribution in [0, 0.1) is 0 Å². The summed E-state index contributed by atoms with van der Waals surface area (Å²) in [6.07, 6.45) is -11.5. The normalized spacial score (nSPS) is 42.3. The van der Waals surface area contributed by atoms with E-state index in [0.29, 0.717) is 18.4 Å². The van der Waals surface area contributed by atoms with E-state index in [1.165, 1.54) is 0 Å². The molecule has 0 bridgehead atoms. The number of aliphatic hydroxyl groups is 8. The van der Waals surface area contributed by atoms with Gasteiger partial charge in [0.05, 0.1) is 19.3 Å². The van der Waals surface area contributed by atoms with E-state index in [9.17, 15) is 40.9 Å². The fourth-order valence-electron chi connectivity index (χ4n) is 4.03. The fraction of sp³-hybridized carbons (Fsp3) is 0.700. The third-order valence-corrected chi connectivity index (χ3v) is 5.88. The number of hydrogen-bond acceptors (Lipinski definition) is 10. The quantitative estimate of drug-likeness (QED) is 0.231. The second kappa shape index (κ2) is 9.96. The largest absolute Gasteiger partial charge is 0.394 e. The minimum Gasteiger partial charge on any atom is -0.394 e. The molecule has 0 unspecified atom stereocenters. The van der Waals surface area contributed by atoms with Crippen molar-refractivity contribution in [3.63, 3.8) is 0 Å². The van der Waals surface area contributed by atoms with E-state index in [2.05, 4.69) is 0 Å². The summed E-state index contributed by atoms with van der Waals surface area (Å²) in [7, 11) is 0. The summed E-state index contributed by atoms with van der Waals surface area (Å²) >= 11 is 0. The summed E-state index contributed by atoms with van der Waals surface area (Å²) < 4.78 is 11.1. The second-order valence-corrected chi connectivity index (χ2v) is 7.90. The standard InChI is InChI=1S/C20H30O10/c21-7-12-15(24)17(26)14(23)11(29-12)5-4-9-2-1-3-10(6-9)20-19(28)18(27)16(25)13(8-22)30-20/h1-3,6,11-28H,4-5,7-8H2/t11-,12-,13-,14-,15-,16-,17-,18+,19-,20-/m1/s1. The van der Waals surface area contributed by atoms with E-state index in [1.54, 1.807) is 24.3 Å². The summed E-state index contributed by atoms with van der Waals surface area (Å²) in [5, 5.41) is 78.8. The lowest BCUT2D eigenvalue weighted by molar-refractivity contribution is -0.231. The van der Waals surface area contributed by atoms with E-state index < -0.39 is 74.3 Å². The zero-order valence-corrected chi connectivity index (χ0v) is 16.3. The molecule has 0 aromatic heterocycles. The van der Waals surface area contributed by atoms with E-state index in [-0.39, 0.29) is 0 Å². The van der Waals surface area contributed by atoms with Crippen LogP contribution in [0.2, 0.25) is 0 Å². The first-order chi connectivity index (χ1) is 14.3. The van der Waals surface area contributed by atoms with Crippen LogP contribution in [0.4, 0.5) is 0 Å². The molecule has 0 radical (unpaired) electrons. The second-order valence-electron chi connectivity index (χ2n) is 7.90. The number of ether oxygens (including phenoxy) is 2. The van der Waals surface area contributed by atoms with Crippen molar-refractivity contribution >= 4 is 0 Å². The molecule has 2 saturated heterocycles. The number of benzene rings is 1. The molecule has 2 heterocycles. The lowest BCUT2D eigenvalue weighted by Crippen LogP contribution is -2.58. The van der Waals surface area contributed by atoms with Crippen molar-refractivity contribution in [1.82, 2.24) is 0 Å². The van der Waals surface area contributed by atoms with Crippen LogP contribution in [0.25, 0.3) is 0 Å². The Morgan fingerprint density at radius 3 is 1.87 bits per heavy atom. The van der Waals surface area contributed by atoms with E-state index in [4.69, 9.17) is 9.47 Å². The molecule has 1 aromatic rings. The van der Waals surface area contributed by atoms with Gasteiger partial charge in [-0.25, -0.2) is 0 Å². The van der Waals surface area contributed by atoms with Crippen molar-refractivity contribution < 1.29 is 50.3 Å². The molecule has 3 rings (SSSR count). The first kappa shape index (κ1) is 23.5. The Bertz CT molecular complexity index is 683. The molecular weight excluding hydrogens is 400 g/mol. The van der Waals surface area contributed by atoms with Crippen molar-refractivity contribution in [3.05, 3.63) is 35.4 Å². The van der Waals surface area contributed by atoms with Crippen LogP contribution in [-0.4, -0.2) is 109 Å². The highest BCUT2D eigenvalue weighted by molar-refractivity contribution is 5.27. The van der Waals surface area contributed by atoms with Gasteiger partial charge in [-0.3, -0.25) is 0 Å². The van der Waals surface area contributed by atoms with Gasteiger partial charge in [-0.1, -0.05) is 24.3 Å². The van der Waals surface area contributed by atoms with Gasteiger partial charge in [0, 0.05) is 0 Å². The van der Waals surface area contributed by atoms with Crippen LogP contribution in [0.3, 0.4) is 0 Å². The number of hydrogen-bond donors (Lipinski definition) is 8. The van der Waals surface area contributed by atoms with Gasteiger partial charge in [-0.05, 0) is 24.0 Å². The number of aliphatic hydroxyl groups excluding tert-OH is 8. The summed E-state index contributed by atoms with van der Waals surface area (Å²) in [6, 6.07) is 6.94. The molecule has 2 aliphatic heterocycles. The Kier molecular flexibility index (Phi) is 7.80. The van der Waals surface area contributed by atoms with Gasteiger partial charge in [0.1, 0.15) is 54.9 Å². The van der Waals surface area contributed by atoms with Crippen LogP contribution < -0.4 is 0 Å². The lowest BCUT2D eigenvalue weighted by atomic mass is 9.89. The van der Waals surface area contributed by atoms with Gasteiger partial charge in [-0.2, -0.15) is 0 Å². The van der Waals surface area contributed by atoms with Gasteiger partial charge in [0.2, 0.25) is 0 Å². The summed E-state index contributed by atoms with van der Waals surface area (Å²) in [6.45, 7) is -1.01. The van der Waals surface area contributed by atoms with Crippen LogP contribution in [-0.2, 0) is 15.9 Å². The highest BCUT2D eigenvalue weighted by Gasteiger charge is 2.44. The van der Waals surface area contributed by atoms with Crippen molar-refractivity contribution in [1.29, 1.82) is 0 Å². The molecule has 10 atom stereocenters. The van der Waals surface area contributed by atoms with E-state index in [1.807, 2.05) is 0 Å². The molecule has 8 N–H and O–H groups in total. The Morgan fingerprint density at radius 2 is 1.23 bits per heavy atom.